The highest BCUT2D eigenvalue weighted by Crippen LogP contribution is 2.29. The first-order valence-electron chi connectivity index (χ1n) is 11.1. The molecule has 2 rings (SSSR count). The van der Waals surface area contributed by atoms with Gasteiger partial charge in [-0.3, -0.25) is 14.4 Å². The Morgan fingerprint density at radius 1 is 1.09 bits per heavy atom. The second-order valence-corrected chi connectivity index (χ2v) is 7.68. The van der Waals surface area contributed by atoms with E-state index < -0.39 is 0 Å². The van der Waals surface area contributed by atoms with Crippen LogP contribution in [0.3, 0.4) is 0 Å². The van der Waals surface area contributed by atoms with Gasteiger partial charge in [-0.05, 0) is 50.8 Å². The minimum atomic E-state index is -0.311. The van der Waals surface area contributed by atoms with Crippen LogP contribution in [0.15, 0.2) is 18.2 Å². The van der Waals surface area contributed by atoms with Crippen LogP contribution in [0.1, 0.15) is 43.0 Å². The van der Waals surface area contributed by atoms with E-state index in [0.717, 1.165) is 32.4 Å². The first kappa shape index (κ1) is 25.5. The van der Waals surface area contributed by atoms with Crippen molar-refractivity contribution in [3.05, 3.63) is 23.8 Å². The molecule has 1 fully saturated rings. The Bertz CT molecular complexity index is 764. The topological polar surface area (TPSA) is 97.4 Å². The fourth-order valence-electron chi connectivity index (χ4n) is 3.41. The zero-order valence-corrected chi connectivity index (χ0v) is 19.4. The fraction of sp³-hybridized carbons (Fsp3) is 0.609. The second-order valence-electron chi connectivity index (χ2n) is 7.68. The lowest BCUT2D eigenvalue weighted by molar-refractivity contribution is -0.134. The summed E-state index contributed by atoms with van der Waals surface area (Å²) < 4.78 is 16.3. The Balaban J connectivity index is 1.95. The number of nitrogens with zero attached hydrogens (tertiary/aromatic N) is 2. The molecule has 1 aliphatic rings. The molecule has 3 amide bonds. The van der Waals surface area contributed by atoms with Gasteiger partial charge in [-0.25, -0.2) is 0 Å². The van der Waals surface area contributed by atoms with Crippen molar-refractivity contribution in [1.29, 1.82) is 0 Å². The third-order valence-corrected chi connectivity index (χ3v) is 5.13. The van der Waals surface area contributed by atoms with Gasteiger partial charge in [-0.15, -0.1) is 0 Å². The molecule has 0 spiro atoms. The highest BCUT2D eigenvalue weighted by molar-refractivity contribution is 5.97. The van der Waals surface area contributed by atoms with E-state index in [1.54, 1.807) is 32.4 Å². The predicted octanol–water partition coefficient (Wildman–Crippen LogP) is 1.70. The van der Waals surface area contributed by atoms with E-state index in [9.17, 15) is 14.4 Å². The number of ether oxygens (including phenoxy) is 3. The summed E-state index contributed by atoms with van der Waals surface area (Å²) in [4.78, 5) is 40.3. The van der Waals surface area contributed by atoms with Gasteiger partial charge in [0.15, 0.2) is 18.1 Å². The van der Waals surface area contributed by atoms with E-state index in [1.807, 2.05) is 11.8 Å². The molecule has 1 aliphatic heterocycles. The van der Waals surface area contributed by atoms with Gasteiger partial charge in [0.25, 0.3) is 11.8 Å². The van der Waals surface area contributed by atoms with Gasteiger partial charge in [0, 0.05) is 46.0 Å². The number of benzene rings is 1. The molecule has 1 N–H and O–H groups in total. The van der Waals surface area contributed by atoms with E-state index in [0.29, 0.717) is 43.2 Å². The highest BCUT2D eigenvalue weighted by atomic mass is 16.5. The Hall–Kier alpha value is -2.81. The lowest BCUT2D eigenvalue weighted by Crippen LogP contribution is -2.39. The molecule has 1 aromatic carbocycles. The highest BCUT2D eigenvalue weighted by Gasteiger charge is 2.20. The molecule has 1 saturated heterocycles. The number of nitrogens with one attached hydrogen (secondary N) is 1. The first-order chi connectivity index (χ1) is 15.5. The molecule has 178 valence electrons. The summed E-state index contributed by atoms with van der Waals surface area (Å²) in [5, 5.41) is 2.76. The number of hydrogen-bond donors (Lipinski definition) is 1. The number of likely N-dealkylation sites (N-methyl/N-ethyl adjacent to an activating group) is 1. The fourth-order valence-corrected chi connectivity index (χ4v) is 3.41. The van der Waals surface area contributed by atoms with Crippen molar-refractivity contribution in [3.63, 3.8) is 0 Å². The van der Waals surface area contributed by atoms with E-state index in [2.05, 4.69) is 5.32 Å². The first-order valence-corrected chi connectivity index (χ1v) is 11.1. The molecule has 1 aromatic rings. The van der Waals surface area contributed by atoms with Crippen molar-refractivity contribution in [2.24, 2.45) is 0 Å². The van der Waals surface area contributed by atoms with Crippen LogP contribution in [0.25, 0.3) is 0 Å². The largest absolute Gasteiger partial charge is 0.490 e. The number of carbonyl (C=O) groups excluding carboxylic acids is 3. The van der Waals surface area contributed by atoms with Crippen molar-refractivity contribution in [2.75, 3.05) is 60.2 Å². The Morgan fingerprint density at radius 2 is 1.84 bits per heavy atom. The van der Waals surface area contributed by atoms with Crippen LogP contribution in [0.4, 0.5) is 0 Å². The minimum Gasteiger partial charge on any atom is -0.490 e. The van der Waals surface area contributed by atoms with Gasteiger partial charge in [0.2, 0.25) is 5.91 Å². The standard InChI is InChI=1S/C23H35N3O6/c1-4-31-20-15-18(23(29)25(2)16-21(27)24-11-8-14-30-3)9-10-19(20)32-17-22(28)26-12-6-5-7-13-26/h9-10,15H,4-8,11-14,16-17H2,1-3H3,(H,24,27). The van der Waals surface area contributed by atoms with E-state index in [-0.39, 0.29) is 30.9 Å². The lowest BCUT2D eigenvalue weighted by Gasteiger charge is -2.26. The molecular weight excluding hydrogens is 414 g/mol. The molecule has 32 heavy (non-hydrogen) atoms. The van der Waals surface area contributed by atoms with Crippen LogP contribution in [0.2, 0.25) is 0 Å². The quantitative estimate of drug-likeness (QED) is 0.488. The summed E-state index contributed by atoms with van der Waals surface area (Å²) in [6.45, 7) is 4.67. The molecule has 0 aromatic heterocycles. The van der Waals surface area contributed by atoms with Crippen LogP contribution >= 0.6 is 0 Å². The summed E-state index contributed by atoms with van der Waals surface area (Å²) in [6, 6.07) is 4.82. The third-order valence-electron chi connectivity index (χ3n) is 5.13. The van der Waals surface area contributed by atoms with E-state index in [4.69, 9.17) is 14.2 Å². The summed E-state index contributed by atoms with van der Waals surface area (Å²) >= 11 is 0. The molecule has 9 heteroatoms. The van der Waals surface area contributed by atoms with Gasteiger partial charge < -0.3 is 29.3 Å². The summed E-state index contributed by atoms with van der Waals surface area (Å²) in [5.41, 5.74) is 0.373. The van der Waals surface area contributed by atoms with Crippen molar-refractivity contribution < 1.29 is 28.6 Å². The SMILES string of the molecule is CCOc1cc(C(=O)N(C)CC(=O)NCCCOC)ccc1OCC(=O)N1CCCCC1. The van der Waals surface area contributed by atoms with Crippen molar-refractivity contribution >= 4 is 17.7 Å². The second kappa shape index (κ2) is 13.6. The molecule has 9 nitrogen and oxygen atoms in total. The summed E-state index contributed by atoms with van der Waals surface area (Å²) in [7, 11) is 3.17. The van der Waals surface area contributed by atoms with Gasteiger partial charge in [0.1, 0.15) is 0 Å². The molecule has 0 saturated carbocycles. The molecule has 0 aliphatic carbocycles. The van der Waals surface area contributed by atoms with Crippen LogP contribution in [-0.4, -0.2) is 87.7 Å². The number of rotatable bonds is 12. The average molecular weight is 450 g/mol. The number of amides is 3. The average Bonchev–Trinajstić information content (AvgIpc) is 2.81. The zero-order valence-electron chi connectivity index (χ0n) is 19.4. The molecule has 1 heterocycles. The monoisotopic (exact) mass is 449 g/mol. The molecular formula is C23H35N3O6. The predicted molar refractivity (Wildman–Crippen MR) is 120 cm³/mol. The maximum atomic E-state index is 12.8. The Labute approximate surface area is 190 Å². The molecule has 0 atom stereocenters. The van der Waals surface area contributed by atoms with Gasteiger partial charge in [-0.2, -0.15) is 0 Å². The smallest absolute Gasteiger partial charge is 0.260 e. The Morgan fingerprint density at radius 3 is 2.53 bits per heavy atom. The van der Waals surface area contributed by atoms with Crippen molar-refractivity contribution in [1.82, 2.24) is 15.1 Å². The molecule has 0 unspecified atom stereocenters. The van der Waals surface area contributed by atoms with Gasteiger partial charge in [0.05, 0.1) is 13.2 Å². The Kier molecular flexibility index (Phi) is 10.8. The van der Waals surface area contributed by atoms with Crippen molar-refractivity contribution in [2.45, 2.75) is 32.6 Å². The molecule has 0 bridgehead atoms. The van der Waals surface area contributed by atoms with Crippen LogP contribution in [0.5, 0.6) is 11.5 Å². The van der Waals surface area contributed by atoms with E-state index in [1.165, 1.54) is 4.90 Å². The minimum absolute atomic E-state index is 0.0523. The molecule has 0 radical (unpaired) electrons. The van der Waals surface area contributed by atoms with Crippen LogP contribution < -0.4 is 14.8 Å². The van der Waals surface area contributed by atoms with E-state index >= 15 is 0 Å². The zero-order chi connectivity index (χ0) is 23.3. The van der Waals surface area contributed by atoms with Gasteiger partial charge >= 0.3 is 0 Å². The maximum absolute atomic E-state index is 12.8. The summed E-state index contributed by atoms with van der Waals surface area (Å²) in [5.74, 6) is 0.199. The number of likely N-dealkylation sites (tertiary alicyclic amines) is 1. The maximum Gasteiger partial charge on any atom is 0.260 e. The third kappa shape index (κ3) is 8.03. The van der Waals surface area contributed by atoms with Gasteiger partial charge in [-0.1, -0.05) is 0 Å². The number of carbonyl (C=O) groups is 3. The number of piperidine rings is 1. The van der Waals surface area contributed by atoms with Crippen LogP contribution in [-0.2, 0) is 14.3 Å². The van der Waals surface area contributed by atoms with Crippen LogP contribution in [0, 0.1) is 0 Å². The normalized spacial score (nSPS) is 13.4. The number of methoxy groups -OCH3 is 1. The lowest BCUT2D eigenvalue weighted by atomic mass is 10.1. The number of hydrogen-bond acceptors (Lipinski definition) is 6. The summed E-state index contributed by atoms with van der Waals surface area (Å²) in [6.07, 6.45) is 3.90. The van der Waals surface area contributed by atoms with Crippen molar-refractivity contribution in [3.8, 4) is 11.5 Å².